The van der Waals surface area contributed by atoms with Crippen LogP contribution in [-0.2, 0) is 23.9 Å². The predicted molar refractivity (Wildman–Crippen MR) is 100 cm³/mol. The van der Waals surface area contributed by atoms with Crippen molar-refractivity contribution in [2.75, 3.05) is 0 Å². The zero-order chi connectivity index (χ0) is 20.7. The third-order valence-electron chi connectivity index (χ3n) is 4.59. The molecule has 0 bridgehead atoms. The van der Waals surface area contributed by atoms with Crippen LogP contribution in [0.15, 0.2) is 0 Å². The monoisotopic (exact) mass is 386 g/mol. The van der Waals surface area contributed by atoms with Gasteiger partial charge in [0, 0.05) is 12.8 Å². The first-order valence-corrected chi connectivity index (χ1v) is 10.0. The number of carboxylic acid groups (broad SMARTS) is 2. The van der Waals surface area contributed by atoms with Crippen LogP contribution in [0.4, 0.5) is 0 Å². The van der Waals surface area contributed by atoms with Crippen molar-refractivity contribution in [3.63, 3.8) is 0 Å². The molecule has 2 N–H and O–H groups in total. The first-order chi connectivity index (χ1) is 12.8. The number of hydrogen-bond acceptors (Lipinski definition) is 5. The lowest BCUT2D eigenvalue weighted by atomic mass is 9.95. The van der Waals surface area contributed by atoms with Crippen LogP contribution in [0.25, 0.3) is 0 Å². The summed E-state index contributed by atoms with van der Waals surface area (Å²) in [5.41, 5.74) is 0. The molecule has 0 aromatic heterocycles. The molecular formula is C20H34O7. The van der Waals surface area contributed by atoms with Gasteiger partial charge in [-0.3, -0.25) is 19.2 Å². The minimum absolute atomic E-state index is 0.140. The maximum Gasteiger partial charge on any atom is 0.316 e. The van der Waals surface area contributed by atoms with Crippen molar-refractivity contribution in [2.45, 2.75) is 90.9 Å². The number of carboxylic acids is 2. The number of ether oxygens (including phenoxy) is 1. The average Bonchev–Trinajstić information content (AvgIpc) is 2.60. The van der Waals surface area contributed by atoms with Crippen LogP contribution in [0.5, 0.6) is 0 Å². The minimum atomic E-state index is -0.992. The molecule has 156 valence electrons. The average molecular weight is 386 g/mol. The molecule has 0 aliphatic heterocycles. The molecule has 0 heterocycles. The van der Waals surface area contributed by atoms with Crippen LogP contribution in [0.1, 0.15) is 90.9 Å². The molecule has 0 spiro atoms. The molecule has 0 aliphatic rings. The molecule has 7 nitrogen and oxygen atoms in total. The lowest BCUT2D eigenvalue weighted by Crippen LogP contribution is -2.27. The van der Waals surface area contributed by atoms with Crippen molar-refractivity contribution in [3.05, 3.63) is 0 Å². The Morgan fingerprint density at radius 3 is 1.33 bits per heavy atom. The molecular weight excluding hydrogens is 352 g/mol. The van der Waals surface area contributed by atoms with E-state index in [0.717, 1.165) is 38.5 Å². The zero-order valence-corrected chi connectivity index (χ0v) is 16.6. The van der Waals surface area contributed by atoms with Crippen LogP contribution in [0.2, 0.25) is 0 Å². The third-order valence-corrected chi connectivity index (χ3v) is 4.59. The van der Waals surface area contributed by atoms with E-state index in [9.17, 15) is 19.2 Å². The molecule has 0 aliphatic carbocycles. The summed E-state index contributed by atoms with van der Waals surface area (Å²) in [6.07, 6.45) is 6.26. The minimum Gasteiger partial charge on any atom is -0.481 e. The van der Waals surface area contributed by atoms with Gasteiger partial charge in [0.1, 0.15) is 0 Å². The predicted octanol–water partition coefficient (Wildman–Crippen LogP) is 4.18. The number of esters is 2. The van der Waals surface area contributed by atoms with Crippen molar-refractivity contribution in [1.29, 1.82) is 0 Å². The fourth-order valence-electron chi connectivity index (χ4n) is 2.90. The fourth-order valence-corrected chi connectivity index (χ4v) is 2.90. The summed E-state index contributed by atoms with van der Waals surface area (Å²) >= 11 is 0. The summed E-state index contributed by atoms with van der Waals surface area (Å²) in [6, 6.07) is 0. The molecule has 27 heavy (non-hydrogen) atoms. The van der Waals surface area contributed by atoms with Gasteiger partial charge >= 0.3 is 23.9 Å². The quantitative estimate of drug-likeness (QED) is 0.232. The van der Waals surface area contributed by atoms with Crippen LogP contribution in [0, 0.1) is 11.8 Å². The van der Waals surface area contributed by atoms with Gasteiger partial charge in [0.05, 0.1) is 11.8 Å². The van der Waals surface area contributed by atoms with E-state index in [1.807, 2.05) is 13.8 Å². The number of carbonyl (C=O) groups is 4. The second-order valence-corrected chi connectivity index (χ2v) is 6.99. The Morgan fingerprint density at radius 1 is 0.667 bits per heavy atom. The van der Waals surface area contributed by atoms with E-state index in [0.29, 0.717) is 12.8 Å². The summed E-state index contributed by atoms with van der Waals surface area (Å²) < 4.78 is 5.04. The van der Waals surface area contributed by atoms with Crippen molar-refractivity contribution in [2.24, 2.45) is 11.8 Å². The first-order valence-electron chi connectivity index (χ1n) is 10.0. The smallest absolute Gasteiger partial charge is 0.316 e. The Hall–Kier alpha value is -1.92. The van der Waals surface area contributed by atoms with Gasteiger partial charge in [-0.15, -0.1) is 0 Å². The molecule has 0 amide bonds. The highest BCUT2D eigenvalue weighted by Crippen LogP contribution is 2.22. The molecule has 2 unspecified atom stereocenters. The van der Waals surface area contributed by atoms with Crippen LogP contribution in [-0.4, -0.2) is 34.1 Å². The zero-order valence-electron chi connectivity index (χ0n) is 16.6. The van der Waals surface area contributed by atoms with Crippen LogP contribution >= 0.6 is 0 Å². The van der Waals surface area contributed by atoms with Gasteiger partial charge in [0.25, 0.3) is 0 Å². The van der Waals surface area contributed by atoms with E-state index in [2.05, 4.69) is 0 Å². The maximum atomic E-state index is 12.4. The van der Waals surface area contributed by atoms with Crippen molar-refractivity contribution in [3.8, 4) is 0 Å². The highest BCUT2D eigenvalue weighted by molar-refractivity contribution is 5.88. The summed E-state index contributed by atoms with van der Waals surface area (Å²) in [6.45, 7) is 4.05. The Morgan fingerprint density at radius 2 is 1.04 bits per heavy atom. The summed E-state index contributed by atoms with van der Waals surface area (Å²) in [4.78, 5) is 46.4. The van der Waals surface area contributed by atoms with Crippen LogP contribution in [0.3, 0.4) is 0 Å². The van der Waals surface area contributed by atoms with E-state index < -0.39 is 35.7 Å². The summed E-state index contributed by atoms with van der Waals surface area (Å²) in [5.74, 6) is -4.59. The number of aliphatic carboxylic acids is 2. The molecule has 0 radical (unpaired) electrons. The molecule has 0 saturated heterocycles. The highest BCUT2D eigenvalue weighted by atomic mass is 16.6. The van der Waals surface area contributed by atoms with Gasteiger partial charge < -0.3 is 14.9 Å². The molecule has 0 rings (SSSR count). The number of carbonyl (C=O) groups excluding carboxylic acids is 2. The normalized spacial score (nSPS) is 13.0. The Labute approximate surface area is 161 Å². The Bertz CT molecular complexity index is 431. The fraction of sp³-hybridized carbons (Fsp3) is 0.800. The van der Waals surface area contributed by atoms with Gasteiger partial charge in [0.15, 0.2) is 0 Å². The second-order valence-electron chi connectivity index (χ2n) is 6.99. The number of unbranched alkanes of at least 4 members (excludes halogenated alkanes) is 4. The molecule has 0 aromatic carbocycles. The molecule has 0 fully saturated rings. The third kappa shape index (κ3) is 13.0. The standard InChI is InChI=1S/C20H34O7/c1-3-5-7-9-15(11-13-17(21)22)19(25)27-20(26)16(10-8-6-4-2)12-14-18(23)24/h15-16H,3-14H2,1-2H3,(H,21,22)(H,23,24). The first kappa shape index (κ1) is 25.1. The van der Waals surface area contributed by atoms with Gasteiger partial charge in [-0.05, 0) is 25.7 Å². The maximum absolute atomic E-state index is 12.4. The molecule has 0 saturated carbocycles. The van der Waals surface area contributed by atoms with Crippen molar-refractivity contribution >= 4 is 23.9 Å². The van der Waals surface area contributed by atoms with Crippen molar-refractivity contribution in [1.82, 2.24) is 0 Å². The lowest BCUT2D eigenvalue weighted by Gasteiger charge is -2.18. The topological polar surface area (TPSA) is 118 Å². The SMILES string of the molecule is CCCCCC(CCC(=O)O)C(=O)OC(=O)C(CCCCC)CCC(=O)O. The highest BCUT2D eigenvalue weighted by Gasteiger charge is 2.27. The van der Waals surface area contributed by atoms with E-state index in [1.165, 1.54) is 0 Å². The molecule has 7 heteroatoms. The van der Waals surface area contributed by atoms with E-state index >= 15 is 0 Å². The largest absolute Gasteiger partial charge is 0.481 e. The van der Waals surface area contributed by atoms with Gasteiger partial charge in [-0.25, -0.2) is 0 Å². The summed E-state index contributed by atoms with van der Waals surface area (Å²) in [5, 5.41) is 17.7. The Balaban J connectivity index is 4.83. The van der Waals surface area contributed by atoms with Gasteiger partial charge in [-0.2, -0.15) is 0 Å². The molecule has 2 atom stereocenters. The lowest BCUT2D eigenvalue weighted by molar-refractivity contribution is -0.166. The van der Waals surface area contributed by atoms with Crippen LogP contribution < -0.4 is 0 Å². The summed E-state index contributed by atoms with van der Waals surface area (Å²) in [7, 11) is 0. The number of rotatable bonds is 16. The molecule has 0 aromatic rings. The Kier molecular flexibility index (Phi) is 14.1. The van der Waals surface area contributed by atoms with Gasteiger partial charge in [-0.1, -0.05) is 52.4 Å². The number of hydrogen-bond donors (Lipinski definition) is 2. The van der Waals surface area contributed by atoms with E-state index in [4.69, 9.17) is 14.9 Å². The van der Waals surface area contributed by atoms with E-state index in [1.54, 1.807) is 0 Å². The van der Waals surface area contributed by atoms with Crippen molar-refractivity contribution < 1.29 is 34.1 Å². The second kappa shape index (κ2) is 15.2. The van der Waals surface area contributed by atoms with E-state index in [-0.39, 0.29) is 25.7 Å². The van der Waals surface area contributed by atoms with Gasteiger partial charge in [0.2, 0.25) is 0 Å².